The summed E-state index contributed by atoms with van der Waals surface area (Å²) >= 11 is 5.99. The first kappa shape index (κ1) is 20.0. The maximum atomic E-state index is 12.9. The Morgan fingerprint density at radius 3 is 2.56 bits per heavy atom. The highest BCUT2D eigenvalue weighted by molar-refractivity contribution is 6.30. The van der Waals surface area contributed by atoms with E-state index < -0.39 is 5.97 Å². The largest absolute Gasteiger partial charge is 0.480 e. The summed E-state index contributed by atoms with van der Waals surface area (Å²) in [6, 6.07) is 7.93. The summed E-state index contributed by atoms with van der Waals surface area (Å²) in [5.74, 6) is -0.317. The minimum atomic E-state index is -0.813. The molecule has 0 spiro atoms. The SMILES string of the molecule is CN(CC(=O)O)C1CCCN(C(=O)NC(c2ccc(Cl)cc2)C2CC2)CC1. The summed E-state index contributed by atoms with van der Waals surface area (Å²) in [6.45, 7) is 1.40. The van der Waals surface area contributed by atoms with Gasteiger partial charge in [0.25, 0.3) is 0 Å². The summed E-state index contributed by atoms with van der Waals surface area (Å²) in [7, 11) is 1.85. The number of nitrogens with one attached hydrogen (secondary N) is 1. The van der Waals surface area contributed by atoms with Gasteiger partial charge in [0.15, 0.2) is 0 Å². The Morgan fingerprint density at radius 2 is 1.93 bits per heavy atom. The van der Waals surface area contributed by atoms with E-state index >= 15 is 0 Å². The smallest absolute Gasteiger partial charge is 0.317 e. The van der Waals surface area contributed by atoms with Crippen LogP contribution < -0.4 is 5.32 Å². The predicted molar refractivity (Wildman–Crippen MR) is 105 cm³/mol. The van der Waals surface area contributed by atoms with Crippen molar-refractivity contribution in [1.82, 2.24) is 15.1 Å². The maximum absolute atomic E-state index is 12.9. The molecule has 1 aliphatic carbocycles. The summed E-state index contributed by atoms with van der Waals surface area (Å²) in [4.78, 5) is 27.6. The molecule has 27 heavy (non-hydrogen) atoms. The molecule has 1 aromatic carbocycles. The fourth-order valence-electron chi connectivity index (χ4n) is 3.86. The Labute approximate surface area is 165 Å². The van der Waals surface area contributed by atoms with Crippen molar-refractivity contribution in [3.63, 3.8) is 0 Å². The normalized spacial score (nSPS) is 21.6. The number of aliphatic carboxylic acids is 1. The van der Waals surface area contributed by atoms with Crippen molar-refractivity contribution in [3.8, 4) is 0 Å². The zero-order chi connectivity index (χ0) is 19.4. The van der Waals surface area contributed by atoms with Crippen molar-refractivity contribution in [2.24, 2.45) is 5.92 Å². The molecular formula is C20H28ClN3O3. The molecule has 1 saturated heterocycles. The Hall–Kier alpha value is -1.79. The van der Waals surface area contributed by atoms with Crippen LogP contribution >= 0.6 is 11.6 Å². The Kier molecular flexibility index (Phi) is 6.60. The van der Waals surface area contributed by atoms with Gasteiger partial charge >= 0.3 is 12.0 Å². The zero-order valence-electron chi connectivity index (χ0n) is 15.7. The van der Waals surface area contributed by atoms with E-state index in [0.717, 1.165) is 37.7 Å². The molecule has 7 heteroatoms. The maximum Gasteiger partial charge on any atom is 0.317 e. The van der Waals surface area contributed by atoms with Crippen molar-refractivity contribution in [3.05, 3.63) is 34.9 Å². The van der Waals surface area contributed by atoms with Crippen LogP contribution in [0.25, 0.3) is 0 Å². The minimum Gasteiger partial charge on any atom is -0.480 e. The molecule has 1 heterocycles. The number of likely N-dealkylation sites (N-methyl/N-ethyl adjacent to an activating group) is 1. The van der Waals surface area contributed by atoms with Crippen LogP contribution in [0.5, 0.6) is 0 Å². The van der Waals surface area contributed by atoms with E-state index in [4.69, 9.17) is 16.7 Å². The lowest BCUT2D eigenvalue weighted by Crippen LogP contribution is -2.43. The van der Waals surface area contributed by atoms with Crippen LogP contribution in [-0.2, 0) is 4.79 Å². The first-order valence-electron chi connectivity index (χ1n) is 9.67. The first-order valence-corrected chi connectivity index (χ1v) is 10.0. The molecule has 0 aromatic heterocycles. The van der Waals surface area contributed by atoms with Gasteiger partial charge in [0, 0.05) is 24.2 Å². The van der Waals surface area contributed by atoms with Gasteiger partial charge in [0.05, 0.1) is 12.6 Å². The van der Waals surface area contributed by atoms with Crippen molar-refractivity contribution in [2.75, 3.05) is 26.7 Å². The van der Waals surface area contributed by atoms with Gasteiger partial charge in [-0.2, -0.15) is 0 Å². The van der Waals surface area contributed by atoms with Crippen LogP contribution in [0.1, 0.15) is 43.7 Å². The molecule has 2 amide bonds. The molecule has 2 aliphatic rings. The lowest BCUT2D eigenvalue weighted by atomic mass is 10.0. The van der Waals surface area contributed by atoms with Crippen molar-refractivity contribution >= 4 is 23.6 Å². The van der Waals surface area contributed by atoms with Gasteiger partial charge < -0.3 is 15.3 Å². The average molecular weight is 394 g/mol. The zero-order valence-corrected chi connectivity index (χ0v) is 16.5. The molecule has 1 saturated carbocycles. The van der Waals surface area contributed by atoms with E-state index in [-0.39, 0.29) is 24.7 Å². The topological polar surface area (TPSA) is 72.9 Å². The van der Waals surface area contributed by atoms with Gasteiger partial charge in [-0.25, -0.2) is 4.79 Å². The molecule has 3 rings (SSSR count). The van der Waals surface area contributed by atoms with E-state index in [9.17, 15) is 9.59 Å². The second kappa shape index (κ2) is 8.93. The Bertz CT molecular complexity index is 663. The molecule has 2 N–H and O–H groups in total. The number of carboxylic acid groups (broad SMARTS) is 1. The fraction of sp³-hybridized carbons (Fsp3) is 0.600. The van der Waals surface area contributed by atoms with E-state index in [1.807, 2.05) is 41.1 Å². The number of carboxylic acids is 1. The second-order valence-electron chi connectivity index (χ2n) is 7.70. The highest BCUT2D eigenvalue weighted by Crippen LogP contribution is 2.41. The highest BCUT2D eigenvalue weighted by Gasteiger charge is 2.34. The number of nitrogens with zero attached hydrogens (tertiary/aromatic N) is 2. The minimum absolute atomic E-state index is 0.0246. The van der Waals surface area contributed by atoms with Gasteiger partial charge in [-0.1, -0.05) is 23.7 Å². The third-order valence-corrected chi connectivity index (χ3v) is 5.85. The molecular weight excluding hydrogens is 366 g/mol. The van der Waals surface area contributed by atoms with Crippen LogP contribution in [0.2, 0.25) is 5.02 Å². The third kappa shape index (κ3) is 5.59. The molecule has 1 aromatic rings. The van der Waals surface area contributed by atoms with E-state index in [1.165, 1.54) is 0 Å². The van der Waals surface area contributed by atoms with Crippen molar-refractivity contribution in [1.29, 1.82) is 0 Å². The molecule has 2 unspecified atom stereocenters. The summed E-state index contributed by atoms with van der Waals surface area (Å²) in [6.07, 6.45) is 4.87. The number of urea groups is 1. The standard InChI is InChI=1S/C20H28ClN3O3/c1-23(13-18(25)26)17-3-2-11-24(12-10-17)20(27)22-19(14-4-5-14)15-6-8-16(21)9-7-15/h6-9,14,17,19H,2-5,10-13H2,1H3,(H,22,27)(H,25,26). The van der Waals surface area contributed by atoms with Crippen LogP contribution in [0, 0.1) is 5.92 Å². The van der Waals surface area contributed by atoms with Gasteiger partial charge in [-0.05, 0) is 62.8 Å². The molecule has 148 valence electrons. The number of hydrogen-bond donors (Lipinski definition) is 2. The van der Waals surface area contributed by atoms with E-state index in [1.54, 1.807) is 0 Å². The lowest BCUT2D eigenvalue weighted by molar-refractivity contribution is -0.138. The van der Waals surface area contributed by atoms with E-state index in [0.29, 0.717) is 24.0 Å². The number of carbonyl (C=O) groups is 2. The second-order valence-corrected chi connectivity index (χ2v) is 8.13. The lowest BCUT2D eigenvalue weighted by Gasteiger charge is -2.27. The number of benzene rings is 1. The summed E-state index contributed by atoms with van der Waals surface area (Å²) in [5, 5.41) is 12.9. The average Bonchev–Trinajstić information content (AvgIpc) is 3.46. The first-order chi connectivity index (χ1) is 12.9. The van der Waals surface area contributed by atoms with Crippen LogP contribution in [0.4, 0.5) is 4.79 Å². The molecule has 0 bridgehead atoms. The molecule has 0 radical (unpaired) electrons. The number of hydrogen-bond acceptors (Lipinski definition) is 3. The summed E-state index contributed by atoms with van der Waals surface area (Å²) in [5.41, 5.74) is 1.10. The molecule has 2 fully saturated rings. The highest BCUT2D eigenvalue weighted by atomic mass is 35.5. The van der Waals surface area contributed by atoms with Crippen LogP contribution in [0.3, 0.4) is 0 Å². The van der Waals surface area contributed by atoms with Crippen molar-refractivity contribution < 1.29 is 14.7 Å². The summed E-state index contributed by atoms with van der Waals surface area (Å²) < 4.78 is 0. The van der Waals surface area contributed by atoms with E-state index in [2.05, 4.69) is 5.32 Å². The number of rotatable bonds is 6. The third-order valence-electron chi connectivity index (χ3n) is 5.59. The van der Waals surface area contributed by atoms with Gasteiger partial charge in [-0.3, -0.25) is 9.69 Å². The van der Waals surface area contributed by atoms with Crippen LogP contribution in [0.15, 0.2) is 24.3 Å². The molecule has 6 nitrogen and oxygen atoms in total. The molecule has 1 aliphatic heterocycles. The number of halogens is 1. The van der Waals surface area contributed by atoms with Crippen molar-refractivity contribution in [2.45, 2.75) is 44.2 Å². The molecule has 2 atom stereocenters. The number of carbonyl (C=O) groups excluding carboxylic acids is 1. The number of amides is 2. The Balaban J connectivity index is 1.58. The van der Waals surface area contributed by atoms with Gasteiger partial charge in [0.2, 0.25) is 0 Å². The fourth-order valence-corrected chi connectivity index (χ4v) is 3.99. The van der Waals surface area contributed by atoms with Gasteiger partial charge in [-0.15, -0.1) is 0 Å². The Morgan fingerprint density at radius 1 is 1.22 bits per heavy atom. The number of likely N-dealkylation sites (tertiary alicyclic amines) is 1. The van der Waals surface area contributed by atoms with Crippen LogP contribution in [-0.4, -0.2) is 59.6 Å². The predicted octanol–water partition coefficient (Wildman–Crippen LogP) is 3.37. The quantitative estimate of drug-likeness (QED) is 0.777. The monoisotopic (exact) mass is 393 g/mol. The van der Waals surface area contributed by atoms with Gasteiger partial charge in [0.1, 0.15) is 0 Å².